The first-order valence-electron chi connectivity index (χ1n) is 12.0. The largest absolute Gasteiger partial charge is 0.497 e. The van der Waals surface area contributed by atoms with Crippen molar-refractivity contribution in [3.05, 3.63) is 54.1 Å². The molecule has 1 N–H and O–H groups in total. The van der Waals surface area contributed by atoms with Crippen molar-refractivity contribution in [1.29, 1.82) is 0 Å². The summed E-state index contributed by atoms with van der Waals surface area (Å²) < 4.78 is 10.9. The number of carbonyl (C=O) groups is 1. The first-order valence-corrected chi connectivity index (χ1v) is 12.0. The molecule has 2 aromatic carbocycles. The monoisotopic (exact) mass is 450 g/mol. The molecule has 2 atom stereocenters. The van der Waals surface area contributed by atoms with E-state index in [1.54, 1.807) is 7.11 Å². The molecule has 7 heteroatoms. The normalized spacial score (nSPS) is 22.9. The number of piperazine rings is 1. The van der Waals surface area contributed by atoms with E-state index in [0.29, 0.717) is 6.54 Å². The number of rotatable bonds is 6. The van der Waals surface area contributed by atoms with Crippen LogP contribution >= 0.6 is 0 Å². The van der Waals surface area contributed by atoms with Crippen LogP contribution in [-0.2, 0) is 16.0 Å². The average molecular weight is 451 g/mol. The minimum atomic E-state index is -0.0814. The second-order valence-electron chi connectivity index (χ2n) is 9.09. The molecule has 3 aliphatic rings. The minimum absolute atomic E-state index is 0.0814. The Hall–Kier alpha value is -2.77. The first kappa shape index (κ1) is 22.0. The summed E-state index contributed by atoms with van der Waals surface area (Å²) in [5, 5.41) is 3.25. The number of methoxy groups -OCH3 is 1. The van der Waals surface area contributed by atoms with E-state index >= 15 is 0 Å². The Labute approximate surface area is 196 Å². The highest BCUT2D eigenvalue weighted by atomic mass is 16.5. The lowest BCUT2D eigenvalue weighted by Crippen LogP contribution is -2.61. The third-order valence-corrected chi connectivity index (χ3v) is 7.21. The smallest absolute Gasteiger partial charge is 0.225 e. The summed E-state index contributed by atoms with van der Waals surface area (Å²) in [5.41, 5.74) is 3.66. The lowest BCUT2D eigenvalue weighted by molar-refractivity contribution is -0.125. The zero-order valence-electron chi connectivity index (χ0n) is 19.4. The van der Waals surface area contributed by atoms with Crippen molar-refractivity contribution >= 4 is 17.3 Å². The van der Waals surface area contributed by atoms with Gasteiger partial charge in [0.1, 0.15) is 5.75 Å². The molecule has 0 radical (unpaired) electrons. The summed E-state index contributed by atoms with van der Waals surface area (Å²) >= 11 is 0. The fourth-order valence-corrected chi connectivity index (χ4v) is 5.37. The van der Waals surface area contributed by atoms with Gasteiger partial charge in [0, 0.05) is 63.3 Å². The number of fused-ring (bicyclic) bond motifs is 3. The Morgan fingerprint density at radius 2 is 1.91 bits per heavy atom. The van der Waals surface area contributed by atoms with E-state index in [9.17, 15) is 4.79 Å². The van der Waals surface area contributed by atoms with Crippen molar-refractivity contribution in [3.8, 4) is 5.75 Å². The highest BCUT2D eigenvalue weighted by Crippen LogP contribution is 2.38. The summed E-state index contributed by atoms with van der Waals surface area (Å²) in [5.74, 6) is 0.947. The van der Waals surface area contributed by atoms with Gasteiger partial charge in [0.05, 0.1) is 32.3 Å². The number of benzene rings is 2. The zero-order chi connectivity index (χ0) is 22.6. The van der Waals surface area contributed by atoms with Gasteiger partial charge in [0.2, 0.25) is 5.91 Å². The SMILES string of the molecule is COc1ccc2c(c1)N1CCN(c3ccccc3)C[C@H]1[C@@H](C(=O)NCCN1CCOCC1)C2. The van der Waals surface area contributed by atoms with E-state index in [-0.39, 0.29) is 17.9 Å². The predicted molar refractivity (Wildman–Crippen MR) is 130 cm³/mol. The summed E-state index contributed by atoms with van der Waals surface area (Å²) in [6, 6.07) is 16.9. The van der Waals surface area contributed by atoms with Gasteiger partial charge in [0.25, 0.3) is 0 Å². The number of ether oxygens (including phenoxy) is 2. The molecule has 0 saturated carbocycles. The highest BCUT2D eigenvalue weighted by Gasteiger charge is 2.41. The maximum absolute atomic E-state index is 13.4. The topological polar surface area (TPSA) is 57.3 Å². The van der Waals surface area contributed by atoms with E-state index < -0.39 is 0 Å². The van der Waals surface area contributed by atoms with Gasteiger partial charge < -0.3 is 24.6 Å². The Kier molecular flexibility index (Phi) is 6.69. The zero-order valence-corrected chi connectivity index (χ0v) is 19.4. The molecule has 1 amide bonds. The third-order valence-electron chi connectivity index (χ3n) is 7.21. The van der Waals surface area contributed by atoms with Crippen LogP contribution in [0.4, 0.5) is 11.4 Å². The Bertz CT molecular complexity index is 948. The van der Waals surface area contributed by atoms with Gasteiger partial charge in [-0.15, -0.1) is 0 Å². The third kappa shape index (κ3) is 4.80. The number of morpholine rings is 1. The number of nitrogens with one attached hydrogen (secondary N) is 1. The van der Waals surface area contributed by atoms with Crippen LogP contribution in [0.2, 0.25) is 0 Å². The van der Waals surface area contributed by atoms with Gasteiger partial charge in [-0.25, -0.2) is 0 Å². The molecule has 0 bridgehead atoms. The quantitative estimate of drug-likeness (QED) is 0.727. The van der Waals surface area contributed by atoms with Crippen LogP contribution in [-0.4, -0.2) is 83.0 Å². The molecule has 7 nitrogen and oxygen atoms in total. The Morgan fingerprint density at radius 3 is 2.70 bits per heavy atom. The molecular formula is C26H34N4O3. The summed E-state index contributed by atoms with van der Waals surface area (Å²) in [6.45, 7) is 7.66. The van der Waals surface area contributed by atoms with Gasteiger partial charge in [-0.3, -0.25) is 9.69 Å². The molecule has 2 aromatic rings. The number of para-hydroxylation sites is 1. The fourth-order valence-electron chi connectivity index (χ4n) is 5.37. The molecule has 176 valence electrons. The fraction of sp³-hybridized carbons (Fsp3) is 0.500. The molecule has 0 aromatic heterocycles. The molecule has 3 aliphatic heterocycles. The van der Waals surface area contributed by atoms with Crippen LogP contribution in [0.1, 0.15) is 5.56 Å². The molecule has 33 heavy (non-hydrogen) atoms. The maximum Gasteiger partial charge on any atom is 0.225 e. The lowest BCUT2D eigenvalue weighted by atomic mass is 9.83. The number of hydrogen-bond acceptors (Lipinski definition) is 6. The number of anilines is 2. The van der Waals surface area contributed by atoms with Crippen LogP contribution in [0.25, 0.3) is 0 Å². The molecular weight excluding hydrogens is 416 g/mol. The van der Waals surface area contributed by atoms with Crippen molar-refractivity contribution in [2.24, 2.45) is 5.92 Å². The Morgan fingerprint density at radius 1 is 1.09 bits per heavy atom. The molecule has 0 unspecified atom stereocenters. The molecule has 2 saturated heterocycles. The van der Waals surface area contributed by atoms with Crippen molar-refractivity contribution in [2.45, 2.75) is 12.5 Å². The summed E-state index contributed by atoms with van der Waals surface area (Å²) in [7, 11) is 1.71. The second-order valence-corrected chi connectivity index (χ2v) is 9.09. The van der Waals surface area contributed by atoms with E-state index in [1.807, 2.05) is 12.1 Å². The number of hydrogen-bond donors (Lipinski definition) is 1. The van der Waals surface area contributed by atoms with Crippen LogP contribution in [0.5, 0.6) is 5.75 Å². The molecule has 0 aliphatic carbocycles. The molecule has 3 heterocycles. The number of amides is 1. The lowest BCUT2D eigenvalue weighted by Gasteiger charge is -2.49. The predicted octanol–water partition coefficient (Wildman–Crippen LogP) is 2.01. The molecule has 5 rings (SSSR count). The molecule has 2 fully saturated rings. The minimum Gasteiger partial charge on any atom is -0.497 e. The summed E-state index contributed by atoms with van der Waals surface area (Å²) in [6.07, 6.45) is 0.756. The van der Waals surface area contributed by atoms with Crippen molar-refractivity contribution in [2.75, 3.05) is 75.9 Å². The van der Waals surface area contributed by atoms with E-state index in [4.69, 9.17) is 9.47 Å². The molecule has 0 spiro atoms. The second kappa shape index (κ2) is 10.0. The van der Waals surface area contributed by atoms with Crippen molar-refractivity contribution < 1.29 is 14.3 Å². The first-order chi connectivity index (χ1) is 16.2. The van der Waals surface area contributed by atoms with Crippen LogP contribution in [0.15, 0.2) is 48.5 Å². The van der Waals surface area contributed by atoms with Crippen LogP contribution in [0, 0.1) is 5.92 Å². The maximum atomic E-state index is 13.4. The van der Waals surface area contributed by atoms with Crippen LogP contribution in [0.3, 0.4) is 0 Å². The van der Waals surface area contributed by atoms with Gasteiger partial charge in [0.15, 0.2) is 0 Å². The van der Waals surface area contributed by atoms with Gasteiger partial charge in [-0.05, 0) is 30.2 Å². The standard InChI is InChI=1S/C26H34N4O3/c1-32-22-8-7-20-17-23(26(31)27-9-10-28-13-15-33-16-14-28)25-19-29(21-5-3-2-4-6-21)11-12-30(25)24(20)18-22/h2-8,18,23,25H,9-17,19H2,1H3,(H,27,31)/t23-,25-/m0/s1. The van der Waals surface area contributed by atoms with Gasteiger partial charge in [-0.1, -0.05) is 24.3 Å². The van der Waals surface area contributed by atoms with E-state index in [0.717, 1.165) is 64.7 Å². The van der Waals surface area contributed by atoms with Crippen molar-refractivity contribution in [3.63, 3.8) is 0 Å². The van der Waals surface area contributed by atoms with Gasteiger partial charge in [-0.2, -0.15) is 0 Å². The average Bonchev–Trinajstić information content (AvgIpc) is 2.88. The van der Waals surface area contributed by atoms with Gasteiger partial charge >= 0.3 is 0 Å². The number of carbonyl (C=O) groups excluding carboxylic acids is 1. The van der Waals surface area contributed by atoms with E-state index in [2.05, 4.69) is 56.4 Å². The summed E-state index contributed by atoms with van der Waals surface area (Å²) in [4.78, 5) is 20.7. The highest BCUT2D eigenvalue weighted by molar-refractivity contribution is 5.82. The number of nitrogens with zero attached hydrogens (tertiary/aromatic N) is 3. The Balaban J connectivity index is 1.34. The van der Waals surface area contributed by atoms with E-state index in [1.165, 1.54) is 16.9 Å². The van der Waals surface area contributed by atoms with Crippen molar-refractivity contribution in [1.82, 2.24) is 10.2 Å². The van der Waals surface area contributed by atoms with Crippen LogP contribution < -0.4 is 19.9 Å².